The van der Waals surface area contributed by atoms with Crippen LogP contribution in [0.4, 0.5) is 11.8 Å². The molecule has 2 saturated heterocycles. The van der Waals surface area contributed by atoms with Crippen LogP contribution in [0.1, 0.15) is 42.7 Å². The number of aliphatic imine (C=N–C) groups is 1. The first kappa shape index (κ1) is 37.9. The van der Waals surface area contributed by atoms with E-state index in [4.69, 9.17) is 39.5 Å². The lowest BCUT2D eigenvalue weighted by atomic mass is 10.1. The molecule has 3 aromatic rings. The van der Waals surface area contributed by atoms with Crippen LogP contribution in [0.15, 0.2) is 22.4 Å². The monoisotopic (exact) mass is 756 g/mol. The highest BCUT2D eigenvalue weighted by molar-refractivity contribution is 7.47. The normalized spacial score (nSPS) is 31.1. The van der Waals surface area contributed by atoms with Crippen molar-refractivity contribution in [3.8, 4) is 0 Å². The van der Waals surface area contributed by atoms with Gasteiger partial charge in [0.2, 0.25) is 5.95 Å². The summed E-state index contributed by atoms with van der Waals surface area (Å²) in [5.41, 5.74) is 10.6. The summed E-state index contributed by atoms with van der Waals surface area (Å²) in [6.45, 7) is 0.676. The molecule has 0 spiro atoms. The van der Waals surface area contributed by atoms with Crippen LogP contribution in [0, 0.1) is 5.92 Å². The first-order chi connectivity index (χ1) is 24.8. The second-order valence-corrected chi connectivity index (χ2v) is 13.9. The van der Waals surface area contributed by atoms with Crippen molar-refractivity contribution in [2.45, 2.75) is 74.9 Å². The number of nitrogens with two attached hydrogens (primary N) is 2. The molecule has 0 amide bonds. The Morgan fingerprint density at radius 1 is 1.12 bits per heavy atom. The highest BCUT2D eigenvalue weighted by Gasteiger charge is 2.49. The van der Waals surface area contributed by atoms with Gasteiger partial charge in [0.15, 0.2) is 46.9 Å². The number of ketones is 1. The topological polar surface area (TPSA) is 328 Å². The smallest absolute Gasteiger partial charge is 0.394 e. The Bertz CT molecular complexity index is 1900. The summed E-state index contributed by atoms with van der Waals surface area (Å²) in [6, 6.07) is 0. The minimum Gasteiger partial charge on any atom is -0.394 e. The van der Waals surface area contributed by atoms with Crippen molar-refractivity contribution in [3.63, 3.8) is 0 Å². The minimum atomic E-state index is -4.60. The van der Waals surface area contributed by atoms with Crippen LogP contribution in [0.5, 0.6) is 0 Å². The van der Waals surface area contributed by atoms with E-state index in [9.17, 15) is 34.4 Å². The third-order valence-electron chi connectivity index (χ3n) is 9.00. The molecule has 3 aromatic heterocycles. The summed E-state index contributed by atoms with van der Waals surface area (Å²) in [7, 11) is -1.90. The summed E-state index contributed by atoms with van der Waals surface area (Å²) >= 11 is 0. The maximum atomic E-state index is 12.9. The summed E-state index contributed by atoms with van der Waals surface area (Å²) in [4.78, 5) is 54.3. The number of nitrogens with one attached hydrogen (secondary N) is 2. The number of carbonyl (C=O) groups excluding carboxylic acids is 1. The van der Waals surface area contributed by atoms with Gasteiger partial charge in [0.05, 0.1) is 32.0 Å². The van der Waals surface area contributed by atoms with E-state index in [0.29, 0.717) is 19.4 Å². The van der Waals surface area contributed by atoms with Gasteiger partial charge in [-0.1, -0.05) is 0 Å². The largest absolute Gasteiger partial charge is 0.472 e. The Kier molecular flexibility index (Phi) is 11.1. The third-order valence-corrected chi connectivity index (χ3v) is 10.0. The number of nitrogens with zero attached hydrogens (tertiary/aromatic N) is 6. The maximum Gasteiger partial charge on any atom is 0.472 e. The lowest BCUT2D eigenvalue weighted by Gasteiger charge is -2.19. The summed E-state index contributed by atoms with van der Waals surface area (Å²) in [5, 5.41) is 34.3. The molecular weight excluding hydrogens is 715 g/mol. The van der Waals surface area contributed by atoms with Gasteiger partial charge in [-0.2, -0.15) is 9.98 Å². The lowest BCUT2D eigenvalue weighted by molar-refractivity contribution is -0.0549. The number of H-pyrrole nitrogens is 1. The van der Waals surface area contributed by atoms with E-state index in [-0.39, 0.29) is 40.5 Å². The number of aromatic nitrogens is 6. The molecule has 24 heteroatoms. The molecule has 1 aliphatic carbocycles. The molecule has 0 radical (unpaired) electrons. The molecule has 0 bridgehead atoms. The summed E-state index contributed by atoms with van der Waals surface area (Å²) in [6.07, 6.45) is -5.51. The van der Waals surface area contributed by atoms with E-state index in [1.807, 2.05) is 0 Å². The van der Waals surface area contributed by atoms with Gasteiger partial charge in [-0.3, -0.25) is 32.8 Å². The standard InChI is InChI=1S/C28H41N10O13P/c1-11(40)16-22(34-27(29)30)37(9-32-16)26-19(42)21(47-3)15(50-26)8-48-52(44,45)51-13-6-12(13)4-5-31-28-35-23-17(24(43)36-28)33-10-38(23)25-18(41)20(46-2)14(7-39)49-25/h9-10,12-15,18-21,25-26,39,41-42H,4-8H2,1-3H3,(H,44,45)(H4,29,30,34)(H2,31,35,36,43)/t12?,13-,14+,15+,18?,19?,20?,21?,25+,26+/m0/s1. The van der Waals surface area contributed by atoms with Crippen LogP contribution >= 0.6 is 7.82 Å². The molecule has 3 fully saturated rings. The van der Waals surface area contributed by atoms with Crippen molar-refractivity contribution in [2.24, 2.45) is 22.4 Å². The SMILES string of the molecule is COC1C(O)[C@H](n2cnc(C(C)=O)c2N=C(N)N)O[C@@H]1COP(=O)(O)O[C@H]1CC1CCNc1nc2c(ncn2[C@@H]2O[C@H](CO)C(OC)C2O)c(=O)[nH]1. The molecular formula is C28H41N10O13P. The number of hydrogen-bond donors (Lipinski definition) is 8. The van der Waals surface area contributed by atoms with Crippen LogP contribution in [-0.2, 0) is 32.6 Å². The van der Waals surface area contributed by atoms with E-state index in [0.717, 1.165) is 0 Å². The molecule has 11 atom stereocenters. The molecule has 5 heterocycles. The number of methoxy groups -OCH3 is 2. The first-order valence-electron chi connectivity index (χ1n) is 16.1. The molecule has 0 aromatic carbocycles. The van der Waals surface area contributed by atoms with Crippen molar-refractivity contribution in [1.82, 2.24) is 29.1 Å². The average molecular weight is 757 g/mol. The maximum absolute atomic E-state index is 12.9. The molecule has 23 nitrogen and oxygen atoms in total. The number of aliphatic hydroxyl groups is 3. The van der Waals surface area contributed by atoms with Crippen molar-refractivity contribution >= 4 is 42.5 Å². The van der Waals surface area contributed by atoms with E-state index in [1.54, 1.807) is 0 Å². The number of aliphatic hydroxyl groups excluding tert-OH is 3. The van der Waals surface area contributed by atoms with Crippen molar-refractivity contribution in [2.75, 3.05) is 39.3 Å². The Balaban J connectivity index is 1.01. The van der Waals surface area contributed by atoms with Crippen LogP contribution < -0.4 is 22.3 Å². The quantitative estimate of drug-likeness (QED) is 0.0339. The Labute approximate surface area is 294 Å². The van der Waals surface area contributed by atoms with Crippen LogP contribution in [-0.4, -0.2) is 138 Å². The number of aromatic amines is 1. The molecule has 1 saturated carbocycles. The second kappa shape index (κ2) is 15.2. The molecule has 10 N–H and O–H groups in total. The number of phosphoric acid groups is 1. The second-order valence-electron chi connectivity index (χ2n) is 12.5. The number of rotatable bonds is 16. The van der Waals surface area contributed by atoms with Crippen molar-refractivity contribution in [1.29, 1.82) is 0 Å². The lowest BCUT2D eigenvalue weighted by Crippen LogP contribution is -2.35. The Morgan fingerprint density at radius 3 is 2.40 bits per heavy atom. The van der Waals surface area contributed by atoms with Gasteiger partial charge >= 0.3 is 7.82 Å². The number of hydrogen-bond acceptors (Lipinski definition) is 17. The van der Waals surface area contributed by atoms with Gasteiger partial charge in [-0.25, -0.2) is 14.5 Å². The van der Waals surface area contributed by atoms with Gasteiger partial charge in [-0.15, -0.1) is 0 Å². The van der Waals surface area contributed by atoms with Crippen LogP contribution in [0.3, 0.4) is 0 Å². The predicted octanol–water partition coefficient (Wildman–Crippen LogP) is -2.01. The molecule has 52 heavy (non-hydrogen) atoms. The fourth-order valence-corrected chi connectivity index (χ4v) is 7.37. The number of carbonyl (C=O) groups is 1. The minimum absolute atomic E-state index is 0.0153. The predicted molar refractivity (Wildman–Crippen MR) is 176 cm³/mol. The van der Waals surface area contributed by atoms with Gasteiger partial charge < -0.3 is 55.9 Å². The van der Waals surface area contributed by atoms with E-state index in [2.05, 4.69) is 30.2 Å². The number of ether oxygens (including phenoxy) is 4. The van der Waals surface area contributed by atoms with Crippen molar-refractivity contribution in [3.05, 3.63) is 28.7 Å². The third kappa shape index (κ3) is 7.61. The molecule has 286 valence electrons. The summed E-state index contributed by atoms with van der Waals surface area (Å²) in [5.74, 6) is -0.850. The number of phosphoric ester groups is 1. The number of imidazole rings is 2. The average Bonchev–Trinajstić information content (AvgIpc) is 3.42. The number of anilines is 1. The molecule has 6 rings (SSSR count). The van der Waals surface area contributed by atoms with Gasteiger partial charge in [0.1, 0.15) is 36.6 Å². The van der Waals surface area contributed by atoms with Crippen LogP contribution in [0.25, 0.3) is 11.2 Å². The van der Waals surface area contributed by atoms with Gasteiger partial charge in [0.25, 0.3) is 5.56 Å². The van der Waals surface area contributed by atoms with Crippen LogP contribution in [0.2, 0.25) is 0 Å². The Morgan fingerprint density at radius 2 is 1.77 bits per heavy atom. The fourth-order valence-electron chi connectivity index (χ4n) is 6.38. The van der Waals surface area contributed by atoms with E-state index in [1.165, 1.54) is 42.9 Å². The number of guanidine groups is 1. The molecule has 6 unspecified atom stereocenters. The first-order valence-corrected chi connectivity index (χ1v) is 17.6. The number of Topliss-reactive ketones (excluding diaryl/α,β-unsaturated/α-hetero) is 1. The number of fused-ring (bicyclic) bond motifs is 1. The van der Waals surface area contributed by atoms with Gasteiger partial charge in [-0.05, 0) is 18.8 Å². The van der Waals surface area contributed by atoms with E-state index < -0.39 is 87.6 Å². The Hall–Kier alpha value is -3.87. The molecule has 2 aliphatic heterocycles. The van der Waals surface area contributed by atoms with Crippen molar-refractivity contribution < 1.29 is 57.6 Å². The zero-order valence-electron chi connectivity index (χ0n) is 28.2. The highest BCUT2D eigenvalue weighted by Crippen LogP contribution is 2.53. The van der Waals surface area contributed by atoms with Gasteiger partial charge in [0, 0.05) is 27.7 Å². The zero-order chi connectivity index (χ0) is 37.5. The zero-order valence-corrected chi connectivity index (χ0v) is 29.1. The fraction of sp³-hybridized carbons (Fsp3) is 0.643. The summed E-state index contributed by atoms with van der Waals surface area (Å²) < 4.78 is 48.4. The molecule has 3 aliphatic rings. The highest BCUT2D eigenvalue weighted by atomic mass is 31.2. The van der Waals surface area contributed by atoms with E-state index >= 15 is 0 Å².